The minimum Gasteiger partial charge on any atom is -0.351 e. The summed E-state index contributed by atoms with van der Waals surface area (Å²) in [7, 11) is 0. The number of carbonyl (C=O) groups excluding carboxylic acids is 1. The monoisotopic (exact) mass is 220 g/mol. The highest BCUT2D eigenvalue weighted by Crippen LogP contribution is 2.04. The fourth-order valence-electron chi connectivity index (χ4n) is 1.25. The zero-order valence-electron chi connectivity index (χ0n) is 9.03. The van der Waals surface area contributed by atoms with Crippen molar-refractivity contribution in [1.29, 1.82) is 5.26 Å². The molecule has 0 saturated carbocycles. The van der Waals surface area contributed by atoms with Crippen LogP contribution in [0.5, 0.6) is 0 Å². The zero-order chi connectivity index (χ0) is 12.0. The number of nitrogens with zero attached hydrogens (tertiary/aromatic N) is 1. The Hall–Kier alpha value is -1.89. The van der Waals surface area contributed by atoms with Gasteiger partial charge in [0.25, 0.3) is 0 Å². The second-order valence-corrected chi connectivity index (χ2v) is 3.43. The van der Waals surface area contributed by atoms with Gasteiger partial charge in [-0.05, 0) is 24.1 Å². The van der Waals surface area contributed by atoms with Crippen LogP contribution in [-0.2, 0) is 11.3 Å². The number of hydrogen-bond donors (Lipinski definition) is 1. The molecule has 0 heterocycles. The van der Waals surface area contributed by atoms with Crippen molar-refractivity contribution in [3.63, 3.8) is 0 Å². The highest BCUT2D eigenvalue weighted by molar-refractivity contribution is 5.80. The van der Waals surface area contributed by atoms with Crippen LogP contribution in [0.25, 0.3) is 0 Å². The number of rotatable bonds is 4. The molecule has 0 bridgehead atoms. The largest absolute Gasteiger partial charge is 0.351 e. The van der Waals surface area contributed by atoms with E-state index in [9.17, 15) is 9.18 Å². The van der Waals surface area contributed by atoms with Crippen LogP contribution < -0.4 is 5.32 Å². The van der Waals surface area contributed by atoms with Crippen molar-refractivity contribution in [2.45, 2.75) is 19.9 Å². The molecule has 4 heteroatoms. The maximum atomic E-state index is 12.6. The van der Waals surface area contributed by atoms with Crippen molar-refractivity contribution in [1.82, 2.24) is 5.32 Å². The standard InChI is InChI=1S/C12H13FN2O/c1-2-10(7-14)12(16)15-8-9-3-5-11(13)6-4-9/h3-6,10H,2,8H2,1H3,(H,15,16). The molecule has 84 valence electrons. The fraction of sp³-hybridized carbons (Fsp3) is 0.333. The Balaban J connectivity index is 2.49. The average molecular weight is 220 g/mol. The number of hydrogen-bond acceptors (Lipinski definition) is 2. The summed E-state index contributed by atoms with van der Waals surface area (Å²) in [6.45, 7) is 2.10. The Morgan fingerprint density at radius 2 is 2.12 bits per heavy atom. The van der Waals surface area contributed by atoms with Gasteiger partial charge >= 0.3 is 0 Å². The maximum Gasteiger partial charge on any atom is 0.237 e. The van der Waals surface area contributed by atoms with Gasteiger partial charge < -0.3 is 5.32 Å². The second kappa shape index (κ2) is 5.86. The Morgan fingerprint density at radius 1 is 1.50 bits per heavy atom. The van der Waals surface area contributed by atoms with E-state index >= 15 is 0 Å². The quantitative estimate of drug-likeness (QED) is 0.843. The van der Waals surface area contributed by atoms with Crippen molar-refractivity contribution in [2.24, 2.45) is 5.92 Å². The first kappa shape index (κ1) is 12.2. The van der Waals surface area contributed by atoms with Gasteiger partial charge in [-0.2, -0.15) is 5.26 Å². The number of benzene rings is 1. The van der Waals surface area contributed by atoms with Crippen molar-refractivity contribution in [2.75, 3.05) is 0 Å². The molecule has 1 aromatic rings. The molecule has 3 nitrogen and oxygen atoms in total. The van der Waals surface area contributed by atoms with Gasteiger partial charge in [0.15, 0.2) is 0 Å². The lowest BCUT2D eigenvalue weighted by molar-refractivity contribution is -0.123. The molecule has 0 fully saturated rings. The van der Waals surface area contributed by atoms with Gasteiger partial charge in [0, 0.05) is 6.54 Å². The predicted octanol–water partition coefficient (Wildman–Crippen LogP) is 1.99. The summed E-state index contributed by atoms with van der Waals surface area (Å²) < 4.78 is 12.6. The van der Waals surface area contributed by atoms with E-state index < -0.39 is 5.92 Å². The number of nitrogens with one attached hydrogen (secondary N) is 1. The van der Waals surface area contributed by atoms with E-state index in [-0.39, 0.29) is 11.7 Å². The molecule has 0 aliphatic carbocycles. The molecule has 1 atom stereocenters. The molecule has 1 amide bonds. The Morgan fingerprint density at radius 3 is 2.62 bits per heavy atom. The minimum absolute atomic E-state index is 0.283. The first-order valence-corrected chi connectivity index (χ1v) is 5.09. The molecule has 1 unspecified atom stereocenters. The van der Waals surface area contributed by atoms with E-state index in [2.05, 4.69) is 5.32 Å². The summed E-state index contributed by atoms with van der Waals surface area (Å²) in [6.07, 6.45) is 0.492. The van der Waals surface area contributed by atoms with Gasteiger partial charge in [-0.1, -0.05) is 19.1 Å². The molecule has 1 N–H and O–H groups in total. The van der Waals surface area contributed by atoms with Crippen LogP contribution in [0, 0.1) is 23.1 Å². The summed E-state index contributed by atoms with van der Waals surface area (Å²) in [5, 5.41) is 11.3. The van der Waals surface area contributed by atoms with E-state index in [4.69, 9.17) is 5.26 Å². The molecule has 16 heavy (non-hydrogen) atoms. The zero-order valence-corrected chi connectivity index (χ0v) is 9.03. The van der Waals surface area contributed by atoms with Gasteiger partial charge in [0.1, 0.15) is 11.7 Å². The van der Waals surface area contributed by atoms with Gasteiger partial charge in [-0.3, -0.25) is 4.79 Å². The molecule has 0 aliphatic heterocycles. The molecule has 0 aromatic heterocycles. The van der Waals surface area contributed by atoms with Crippen LogP contribution in [0.3, 0.4) is 0 Å². The van der Waals surface area contributed by atoms with Crippen LogP contribution in [-0.4, -0.2) is 5.91 Å². The molecule has 0 spiro atoms. The van der Waals surface area contributed by atoms with Gasteiger partial charge in [0.2, 0.25) is 5.91 Å². The topological polar surface area (TPSA) is 52.9 Å². The van der Waals surface area contributed by atoms with Gasteiger partial charge in [-0.25, -0.2) is 4.39 Å². The highest BCUT2D eigenvalue weighted by atomic mass is 19.1. The fourth-order valence-corrected chi connectivity index (χ4v) is 1.25. The average Bonchev–Trinajstić information content (AvgIpc) is 2.30. The van der Waals surface area contributed by atoms with Crippen molar-refractivity contribution < 1.29 is 9.18 Å². The molecule has 0 saturated heterocycles. The Bertz CT molecular complexity index is 394. The van der Waals surface area contributed by atoms with Gasteiger partial charge in [-0.15, -0.1) is 0 Å². The minimum atomic E-state index is -0.611. The van der Waals surface area contributed by atoms with E-state index in [1.165, 1.54) is 12.1 Å². The molecule has 0 aliphatic rings. The summed E-state index contributed by atoms with van der Waals surface area (Å²) in [5.41, 5.74) is 0.808. The first-order chi connectivity index (χ1) is 7.67. The molecule has 1 rings (SSSR count). The lowest BCUT2D eigenvalue weighted by Crippen LogP contribution is -2.29. The van der Waals surface area contributed by atoms with Crippen molar-refractivity contribution in [3.8, 4) is 6.07 Å². The number of nitriles is 1. The summed E-state index contributed by atoms with van der Waals surface area (Å²) in [6, 6.07) is 7.80. The predicted molar refractivity (Wildman–Crippen MR) is 57.6 cm³/mol. The normalized spacial score (nSPS) is 11.6. The molecule has 1 aromatic carbocycles. The van der Waals surface area contributed by atoms with Crippen molar-refractivity contribution >= 4 is 5.91 Å². The van der Waals surface area contributed by atoms with Gasteiger partial charge in [0.05, 0.1) is 6.07 Å². The summed E-state index contributed by atoms with van der Waals surface area (Å²) in [5.74, 6) is -1.20. The highest BCUT2D eigenvalue weighted by Gasteiger charge is 2.14. The van der Waals surface area contributed by atoms with E-state index in [1.807, 2.05) is 6.07 Å². The summed E-state index contributed by atoms with van der Waals surface area (Å²) >= 11 is 0. The number of halogens is 1. The number of carbonyl (C=O) groups is 1. The lowest BCUT2D eigenvalue weighted by Gasteiger charge is -2.07. The lowest BCUT2D eigenvalue weighted by atomic mass is 10.1. The third-order valence-electron chi connectivity index (χ3n) is 2.26. The van der Waals surface area contributed by atoms with Crippen molar-refractivity contribution in [3.05, 3.63) is 35.6 Å². The smallest absolute Gasteiger partial charge is 0.237 e. The Labute approximate surface area is 93.9 Å². The van der Waals surface area contributed by atoms with E-state index in [1.54, 1.807) is 19.1 Å². The van der Waals surface area contributed by atoms with E-state index in [0.29, 0.717) is 13.0 Å². The van der Waals surface area contributed by atoms with Crippen LogP contribution in [0.2, 0.25) is 0 Å². The third kappa shape index (κ3) is 3.35. The Kier molecular flexibility index (Phi) is 4.46. The second-order valence-electron chi connectivity index (χ2n) is 3.43. The maximum absolute atomic E-state index is 12.6. The molecular weight excluding hydrogens is 207 g/mol. The SMILES string of the molecule is CCC(C#N)C(=O)NCc1ccc(F)cc1. The summed E-state index contributed by atoms with van der Waals surface area (Å²) in [4.78, 5) is 11.4. The van der Waals surface area contributed by atoms with Crippen LogP contribution in [0.1, 0.15) is 18.9 Å². The van der Waals surface area contributed by atoms with E-state index in [0.717, 1.165) is 5.56 Å². The first-order valence-electron chi connectivity index (χ1n) is 5.09. The molecule has 0 radical (unpaired) electrons. The third-order valence-corrected chi connectivity index (χ3v) is 2.26. The van der Waals surface area contributed by atoms with Crippen LogP contribution >= 0.6 is 0 Å². The molecular formula is C12H13FN2O. The van der Waals surface area contributed by atoms with Crippen LogP contribution in [0.4, 0.5) is 4.39 Å². The number of amides is 1. The van der Waals surface area contributed by atoms with Crippen LogP contribution in [0.15, 0.2) is 24.3 Å².